The van der Waals surface area contributed by atoms with Gasteiger partial charge in [0.2, 0.25) is 21.8 Å². The van der Waals surface area contributed by atoms with Crippen molar-refractivity contribution in [2.75, 3.05) is 13.1 Å². The predicted molar refractivity (Wildman–Crippen MR) is 94.3 cm³/mol. The molecule has 0 unspecified atom stereocenters. The van der Waals surface area contributed by atoms with E-state index in [4.69, 9.17) is 0 Å². The summed E-state index contributed by atoms with van der Waals surface area (Å²) in [5.41, 5.74) is 0. The van der Waals surface area contributed by atoms with Gasteiger partial charge in [-0.1, -0.05) is 31.0 Å². The Morgan fingerprint density at radius 1 is 0.960 bits per heavy atom. The molecule has 0 saturated heterocycles. The molecule has 0 heterocycles. The highest BCUT2D eigenvalue weighted by Crippen LogP contribution is 2.17. The summed E-state index contributed by atoms with van der Waals surface area (Å²) in [6.45, 7) is 0.264. The minimum absolute atomic E-state index is 0.0112. The van der Waals surface area contributed by atoms with Crippen LogP contribution in [0.4, 0.5) is 0 Å². The highest BCUT2D eigenvalue weighted by molar-refractivity contribution is 7.89. The maximum absolute atomic E-state index is 12.0. The molecule has 1 aliphatic rings. The lowest BCUT2D eigenvalue weighted by Crippen LogP contribution is -2.36. The molecule has 0 radical (unpaired) electrons. The van der Waals surface area contributed by atoms with Gasteiger partial charge in [0.25, 0.3) is 0 Å². The lowest BCUT2D eigenvalue weighted by Gasteiger charge is -2.12. The second-order valence-corrected chi connectivity index (χ2v) is 7.88. The zero-order chi connectivity index (χ0) is 18.1. The molecule has 1 aromatic carbocycles. The second-order valence-electron chi connectivity index (χ2n) is 6.11. The number of nitrogens with one attached hydrogen (secondary N) is 3. The lowest BCUT2D eigenvalue weighted by atomic mass is 10.2. The Hall–Kier alpha value is -1.93. The number of carbonyl (C=O) groups excluding carboxylic acids is 2. The Kier molecular flexibility index (Phi) is 7.39. The molecular weight excluding hydrogens is 342 g/mol. The van der Waals surface area contributed by atoms with Crippen molar-refractivity contribution in [3.05, 3.63) is 30.3 Å². The van der Waals surface area contributed by atoms with E-state index >= 15 is 0 Å². The first-order valence-corrected chi connectivity index (χ1v) is 10.1. The molecule has 0 atom stereocenters. The molecule has 3 N–H and O–H groups in total. The summed E-state index contributed by atoms with van der Waals surface area (Å²) in [6, 6.07) is 8.26. The molecule has 0 spiro atoms. The minimum Gasteiger partial charge on any atom is -0.356 e. The van der Waals surface area contributed by atoms with Crippen LogP contribution in [0.2, 0.25) is 0 Å². The fraction of sp³-hybridized carbons (Fsp3) is 0.529. The number of sulfonamides is 1. The van der Waals surface area contributed by atoms with Gasteiger partial charge in [-0.2, -0.15) is 0 Å². The summed E-state index contributed by atoms with van der Waals surface area (Å²) >= 11 is 0. The number of rotatable bonds is 9. The molecule has 138 valence electrons. The monoisotopic (exact) mass is 367 g/mol. The fourth-order valence-electron chi connectivity index (χ4n) is 2.76. The summed E-state index contributed by atoms with van der Waals surface area (Å²) in [5.74, 6) is -0.346. The van der Waals surface area contributed by atoms with E-state index in [1.165, 1.54) is 12.1 Å². The Bertz CT molecular complexity index is 670. The third kappa shape index (κ3) is 6.83. The predicted octanol–water partition coefficient (Wildman–Crippen LogP) is 0.920. The van der Waals surface area contributed by atoms with E-state index < -0.39 is 10.0 Å². The van der Waals surface area contributed by atoms with Crippen molar-refractivity contribution in [2.45, 2.75) is 49.5 Å². The topological polar surface area (TPSA) is 104 Å². The number of hydrogen-bond donors (Lipinski definition) is 3. The van der Waals surface area contributed by atoms with Gasteiger partial charge in [0.1, 0.15) is 0 Å². The largest absolute Gasteiger partial charge is 0.356 e. The van der Waals surface area contributed by atoms with Crippen LogP contribution in [0.3, 0.4) is 0 Å². The standard InChI is InChI=1S/C17H25N3O4S/c21-16(18-12-10-17(22)20-14-6-4-5-7-14)11-13-19-25(23,24)15-8-2-1-3-9-15/h1-3,8-9,14,19H,4-7,10-13H2,(H,18,21)(H,20,22). The maximum atomic E-state index is 12.0. The van der Waals surface area contributed by atoms with Gasteiger partial charge in [-0.3, -0.25) is 9.59 Å². The van der Waals surface area contributed by atoms with Crippen LogP contribution in [0.15, 0.2) is 35.2 Å². The van der Waals surface area contributed by atoms with Crippen molar-refractivity contribution in [3.63, 3.8) is 0 Å². The Balaban J connectivity index is 1.60. The third-order valence-corrected chi connectivity index (χ3v) is 5.57. The van der Waals surface area contributed by atoms with Gasteiger partial charge < -0.3 is 10.6 Å². The fourth-order valence-corrected chi connectivity index (χ4v) is 3.81. The molecule has 0 bridgehead atoms. The van der Waals surface area contributed by atoms with E-state index in [1.807, 2.05) is 0 Å². The van der Waals surface area contributed by atoms with Crippen LogP contribution in [0.5, 0.6) is 0 Å². The normalized spacial score (nSPS) is 15.0. The van der Waals surface area contributed by atoms with Crippen LogP contribution in [0.1, 0.15) is 38.5 Å². The van der Waals surface area contributed by atoms with E-state index in [-0.39, 0.29) is 48.7 Å². The summed E-state index contributed by atoms with van der Waals surface area (Å²) < 4.78 is 26.4. The van der Waals surface area contributed by atoms with Crippen molar-refractivity contribution in [2.24, 2.45) is 0 Å². The third-order valence-electron chi connectivity index (χ3n) is 4.09. The Morgan fingerprint density at radius 3 is 2.28 bits per heavy atom. The summed E-state index contributed by atoms with van der Waals surface area (Å²) in [7, 11) is -3.60. The van der Waals surface area contributed by atoms with Gasteiger partial charge in [-0.15, -0.1) is 0 Å². The van der Waals surface area contributed by atoms with Crippen LogP contribution in [0, 0.1) is 0 Å². The summed E-state index contributed by atoms with van der Waals surface area (Å²) in [5, 5.41) is 5.58. The molecule has 1 aromatic rings. The Labute approximate surface area is 148 Å². The maximum Gasteiger partial charge on any atom is 0.240 e. The quantitative estimate of drug-likeness (QED) is 0.604. The number of benzene rings is 1. The average molecular weight is 367 g/mol. The van der Waals surface area contributed by atoms with Crippen LogP contribution in [-0.2, 0) is 19.6 Å². The molecule has 2 amide bonds. The molecule has 8 heteroatoms. The number of hydrogen-bond acceptors (Lipinski definition) is 4. The van der Waals surface area contributed by atoms with Crippen LogP contribution in [0.25, 0.3) is 0 Å². The number of carbonyl (C=O) groups is 2. The number of amides is 2. The summed E-state index contributed by atoms with van der Waals surface area (Å²) in [4.78, 5) is 23.6. The van der Waals surface area contributed by atoms with Crippen molar-refractivity contribution < 1.29 is 18.0 Å². The molecule has 0 aliphatic heterocycles. The smallest absolute Gasteiger partial charge is 0.240 e. The summed E-state index contributed by atoms with van der Waals surface area (Å²) in [6.07, 6.45) is 4.62. The molecule has 1 aliphatic carbocycles. The van der Waals surface area contributed by atoms with Crippen molar-refractivity contribution in [1.29, 1.82) is 0 Å². The lowest BCUT2D eigenvalue weighted by molar-refractivity contribution is -0.122. The van der Waals surface area contributed by atoms with Crippen molar-refractivity contribution in [1.82, 2.24) is 15.4 Å². The first-order valence-electron chi connectivity index (χ1n) is 8.58. The molecule has 1 fully saturated rings. The van der Waals surface area contributed by atoms with Gasteiger partial charge in [-0.25, -0.2) is 13.1 Å². The van der Waals surface area contributed by atoms with E-state index in [0.29, 0.717) is 0 Å². The second kappa shape index (κ2) is 9.53. The van der Waals surface area contributed by atoms with Crippen LogP contribution < -0.4 is 15.4 Å². The highest BCUT2D eigenvalue weighted by atomic mass is 32.2. The van der Waals surface area contributed by atoms with Gasteiger partial charge in [0, 0.05) is 32.0 Å². The molecule has 1 saturated carbocycles. The molecule has 2 rings (SSSR count). The SMILES string of the molecule is O=C(CCNS(=O)(=O)c1ccccc1)NCCC(=O)NC1CCCC1. The highest BCUT2D eigenvalue weighted by Gasteiger charge is 2.17. The van der Waals surface area contributed by atoms with Gasteiger partial charge in [-0.05, 0) is 25.0 Å². The minimum atomic E-state index is -3.60. The van der Waals surface area contributed by atoms with Crippen molar-refractivity contribution >= 4 is 21.8 Å². The van der Waals surface area contributed by atoms with Gasteiger partial charge in [0.05, 0.1) is 4.90 Å². The van der Waals surface area contributed by atoms with Crippen molar-refractivity contribution in [3.8, 4) is 0 Å². The van der Waals surface area contributed by atoms with E-state index in [1.54, 1.807) is 18.2 Å². The van der Waals surface area contributed by atoms with Gasteiger partial charge in [0.15, 0.2) is 0 Å². The first kappa shape index (κ1) is 19.4. The molecule has 0 aromatic heterocycles. The van der Waals surface area contributed by atoms with E-state index in [2.05, 4.69) is 15.4 Å². The molecule has 7 nitrogen and oxygen atoms in total. The molecular formula is C17H25N3O4S. The van der Waals surface area contributed by atoms with E-state index in [9.17, 15) is 18.0 Å². The van der Waals surface area contributed by atoms with Crippen LogP contribution >= 0.6 is 0 Å². The average Bonchev–Trinajstić information content (AvgIpc) is 3.08. The Morgan fingerprint density at radius 2 is 1.60 bits per heavy atom. The van der Waals surface area contributed by atoms with Gasteiger partial charge >= 0.3 is 0 Å². The van der Waals surface area contributed by atoms with Crippen LogP contribution in [-0.4, -0.2) is 39.4 Å². The zero-order valence-electron chi connectivity index (χ0n) is 14.2. The molecule has 25 heavy (non-hydrogen) atoms. The first-order chi connectivity index (χ1) is 12.0. The van der Waals surface area contributed by atoms with E-state index in [0.717, 1.165) is 25.7 Å². The zero-order valence-corrected chi connectivity index (χ0v) is 15.0.